The van der Waals surface area contributed by atoms with Crippen molar-refractivity contribution in [1.29, 1.82) is 0 Å². The lowest BCUT2D eigenvalue weighted by Crippen LogP contribution is -2.37. The molecule has 1 saturated heterocycles. The van der Waals surface area contributed by atoms with E-state index in [4.69, 9.17) is 9.47 Å². The minimum absolute atomic E-state index is 0.209. The number of phenolic OH excluding ortho intramolecular Hbond substituents is 1. The van der Waals surface area contributed by atoms with Gasteiger partial charge in [-0.15, -0.1) is 0 Å². The fourth-order valence-electron chi connectivity index (χ4n) is 3.34. The molecule has 0 unspecified atom stereocenters. The van der Waals surface area contributed by atoms with Gasteiger partial charge in [-0.25, -0.2) is 14.2 Å². The minimum Gasteiger partial charge on any atom is -0.508 e. The van der Waals surface area contributed by atoms with E-state index in [9.17, 15) is 14.3 Å². The average Bonchev–Trinajstić information content (AvgIpc) is 2.79. The Bertz CT molecular complexity index is 1100. The first kappa shape index (κ1) is 21.4. The van der Waals surface area contributed by atoms with E-state index in [0.29, 0.717) is 54.5 Å². The van der Waals surface area contributed by atoms with E-state index >= 15 is 0 Å². The van der Waals surface area contributed by atoms with Gasteiger partial charge < -0.3 is 24.8 Å². The Morgan fingerprint density at radius 1 is 1.22 bits per heavy atom. The predicted molar refractivity (Wildman–Crippen MR) is 116 cm³/mol. The molecule has 0 amide bonds. The molecule has 0 atom stereocenters. The third-order valence-electron chi connectivity index (χ3n) is 4.78. The highest BCUT2D eigenvalue weighted by molar-refractivity contribution is 5.91. The van der Waals surface area contributed by atoms with Gasteiger partial charge in [-0.1, -0.05) is 0 Å². The second-order valence-corrected chi connectivity index (χ2v) is 7.04. The minimum atomic E-state index is -0.584. The Kier molecular flexibility index (Phi) is 6.41. The molecule has 0 saturated carbocycles. The summed E-state index contributed by atoms with van der Waals surface area (Å²) in [5.74, 6) is -0.400. The molecular weight excluding hydrogens is 417 g/mol. The Hall–Kier alpha value is -3.79. The highest BCUT2D eigenvalue weighted by atomic mass is 19.1. The number of benzene rings is 1. The van der Waals surface area contributed by atoms with Gasteiger partial charge in [0.1, 0.15) is 17.4 Å². The van der Waals surface area contributed by atoms with Gasteiger partial charge in [0.05, 0.1) is 25.4 Å². The van der Waals surface area contributed by atoms with Crippen molar-refractivity contribution in [2.45, 2.75) is 6.92 Å². The number of rotatable bonds is 6. The number of aromatic nitrogens is 3. The zero-order valence-corrected chi connectivity index (χ0v) is 17.4. The van der Waals surface area contributed by atoms with Gasteiger partial charge in [-0.2, -0.15) is 4.98 Å². The number of nitrogens with zero attached hydrogens (tertiary/aromatic N) is 4. The standard InChI is InChI=1S/C22H22FN5O4/c1-2-32-21(30)15-7-14(11-24-12-15)19-13-25-22(26-17-8-16(23)9-18(29)10-17)27-20(19)28-3-5-31-6-4-28/h7-13,29H,2-6H2,1H3,(H,25,26,27). The van der Waals surface area contributed by atoms with Crippen LogP contribution in [0.5, 0.6) is 5.75 Å². The monoisotopic (exact) mass is 439 g/mol. The molecule has 10 heteroatoms. The van der Waals surface area contributed by atoms with Crippen molar-refractivity contribution in [1.82, 2.24) is 15.0 Å². The van der Waals surface area contributed by atoms with Crippen LogP contribution in [0.15, 0.2) is 42.9 Å². The summed E-state index contributed by atoms with van der Waals surface area (Å²) in [6.45, 7) is 4.34. The summed E-state index contributed by atoms with van der Waals surface area (Å²) in [6.07, 6.45) is 4.69. The van der Waals surface area contributed by atoms with Crippen LogP contribution >= 0.6 is 0 Å². The average molecular weight is 439 g/mol. The quantitative estimate of drug-likeness (QED) is 0.560. The van der Waals surface area contributed by atoms with Gasteiger partial charge in [-0.05, 0) is 19.1 Å². The first-order chi connectivity index (χ1) is 15.5. The highest BCUT2D eigenvalue weighted by Gasteiger charge is 2.20. The number of nitrogens with one attached hydrogen (secondary N) is 1. The molecule has 2 aromatic heterocycles. The van der Waals surface area contributed by atoms with Gasteiger partial charge in [0.25, 0.3) is 0 Å². The number of carbonyl (C=O) groups excluding carboxylic acids is 1. The van der Waals surface area contributed by atoms with Gasteiger partial charge >= 0.3 is 5.97 Å². The topological polar surface area (TPSA) is 110 Å². The molecule has 3 aromatic rings. The molecule has 1 aliphatic heterocycles. The van der Waals surface area contributed by atoms with Crippen molar-refractivity contribution in [2.75, 3.05) is 43.1 Å². The Balaban J connectivity index is 1.72. The summed E-state index contributed by atoms with van der Waals surface area (Å²) >= 11 is 0. The third kappa shape index (κ3) is 4.92. The van der Waals surface area contributed by atoms with Crippen LogP contribution in [-0.2, 0) is 9.47 Å². The zero-order valence-electron chi connectivity index (χ0n) is 17.4. The van der Waals surface area contributed by atoms with Crippen LogP contribution in [0.3, 0.4) is 0 Å². The lowest BCUT2D eigenvalue weighted by Gasteiger charge is -2.29. The molecule has 1 fully saturated rings. The molecule has 0 spiro atoms. The summed E-state index contributed by atoms with van der Waals surface area (Å²) in [5, 5.41) is 12.6. The van der Waals surface area contributed by atoms with E-state index in [1.165, 1.54) is 18.3 Å². The smallest absolute Gasteiger partial charge is 0.339 e. The number of ether oxygens (including phenoxy) is 2. The fourth-order valence-corrected chi connectivity index (χ4v) is 3.34. The summed E-state index contributed by atoms with van der Waals surface area (Å²) in [7, 11) is 0. The van der Waals surface area contributed by atoms with Crippen molar-refractivity contribution >= 4 is 23.4 Å². The molecule has 4 rings (SSSR count). The molecule has 3 heterocycles. The van der Waals surface area contributed by atoms with Crippen LogP contribution in [0.4, 0.5) is 21.8 Å². The van der Waals surface area contributed by atoms with Gasteiger partial charge in [0.2, 0.25) is 5.95 Å². The Labute approximate surface area is 183 Å². The summed E-state index contributed by atoms with van der Waals surface area (Å²) in [4.78, 5) is 27.4. The zero-order chi connectivity index (χ0) is 22.5. The molecule has 2 N–H and O–H groups in total. The maximum absolute atomic E-state index is 13.6. The lowest BCUT2D eigenvalue weighted by molar-refractivity contribution is 0.0526. The van der Waals surface area contributed by atoms with Crippen molar-refractivity contribution in [2.24, 2.45) is 0 Å². The normalized spacial score (nSPS) is 13.6. The molecule has 32 heavy (non-hydrogen) atoms. The molecule has 9 nitrogen and oxygen atoms in total. The lowest BCUT2D eigenvalue weighted by atomic mass is 10.1. The van der Waals surface area contributed by atoms with Crippen LogP contribution in [-0.4, -0.2) is 58.9 Å². The highest BCUT2D eigenvalue weighted by Crippen LogP contribution is 2.31. The van der Waals surface area contributed by atoms with E-state index in [1.54, 1.807) is 25.4 Å². The van der Waals surface area contributed by atoms with E-state index in [1.807, 2.05) is 4.90 Å². The van der Waals surface area contributed by atoms with Crippen molar-refractivity contribution in [3.63, 3.8) is 0 Å². The number of pyridine rings is 1. The Morgan fingerprint density at radius 2 is 2.03 bits per heavy atom. The summed E-state index contributed by atoms with van der Waals surface area (Å²) in [5.41, 5.74) is 1.98. The molecule has 0 bridgehead atoms. The maximum atomic E-state index is 13.6. The molecule has 1 aromatic carbocycles. The van der Waals surface area contributed by atoms with Crippen LogP contribution in [0.1, 0.15) is 17.3 Å². The SMILES string of the molecule is CCOC(=O)c1cncc(-c2cnc(Nc3cc(O)cc(F)c3)nc2N2CCOCC2)c1. The van der Waals surface area contributed by atoms with Gasteiger partial charge in [-0.3, -0.25) is 4.98 Å². The second kappa shape index (κ2) is 9.56. The maximum Gasteiger partial charge on any atom is 0.339 e. The van der Waals surface area contributed by atoms with Crippen LogP contribution in [0.2, 0.25) is 0 Å². The summed E-state index contributed by atoms with van der Waals surface area (Å²) in [6, 6.07) is 5.31. The number of phenols is 1. The molecule has 0 radical (unpaired) electrons. The number of hydrogen-bond acceptors (Lipinski definition) is 9. The molecule has 166 valence electrons. The predicted octanol–water partition coefficient (Wildman–Crippen LogP) is 3.14. The van der Waals surface area contributed by atoms with E-state index in [0.717, 1.165) is 6.07 Å². The molecular formula is C22H22FN5O4. The van der Waals surface area contributed by atoms with E-state index in [-0.39, 0.29) is 18.3 Å². The van der Waals surface area contributed by atoms with Gasteiger partial charge in [0, 0.05) is 60.6 Å². The Morgan fingerprint density at radius 3 is 2.78 bits per heavy atom. The number of esters is 1. The summed E-state index contributed by atoms with van der Waals surface area (Å²) < 4.78 is 24.2. The van der Waals surface area contributed by atoms with Crippen molar-refractivity contribution in [3.8, 4) is 16.9 Å². The van der Waals surface area contributed by atoms with Gasteiger partial charge in [0.15, 0.2) is 0 Å². The number of anilines is 3. The largest absolute Gasteiger partial charge is 0.508 e. The fraction of sp³-hybridized carbons (Fsp3) is 0.273. The van der Waals surface area contributed by atoms with E-state index in [2.05, 4.69) is 20.3 Å². The first-order valence-corrected chi connectivity index (χ1v) is 10.1. The third-order valence-corrected chi connectivity index (χ3v) is 4.78. The molecule has 0 aliphatic carbocycles. The van der Waals surface area contributed by atoms with Crippen LogP contribution in [0.25, 0.3) is 11.1 Å². The number of carbonyl (C=O) groups is 1. The number of hydrogen-bond donors (Lipinski definition) is 2. The second-order valence-electron chi connectivity index (χ2n) is 7.04. The number of morpholine rings is 1. The molecule has 1 aliphatic rings. The number of halogens is 1. The van der Waals surface area contributed by atoms with Crippen molar-refractivity contribution in [3.05, 3.63) is 54.2 Å². The van der Waals surface area contributed by atoms with Crippen LogP contribution in [0, 0.1) is 5.82 Å². The number of aromatic hydroxyl groups is 1. The first-order valence-electron chi connectivity index (χ1n) is 10.1. The van der Waals surface area contributed by atoms with Crippen LogP contribution < -0.4 is 10.2 Å². The van der Waals surface area contributed by atoms with E-state index < -0.39 is 11.8 Å². The van der Waals surface area contributed by atoms with Crippen molar-refractivity contribution < 1.29 is 23.8 Å².